The molecule has 0 radical (unpaired) electrons. The Bertz CT molecular complexity index is 457. The minimum Gasteiger partial charge on any atom is -0.491 e. The summed E-state index contributed by atoms with van der Waals surface area (Å²) in [5.41, 5.74) is 6.35. The molecule has 0 saturated carbocycles. The average Bonchev–Trinajstić information content (AvgIpc) is 2.45. The second-order valence-corrected chi connectivity index (χ2v) is 6.45. The van der Waals surface area contributed by atoms with Crippen LogP contribution in [0.5, 0.6) is 5.75 Å². The second kappa shape index (κ2) is 9.25. The summed E-state index contributed by atoms with van der Waals surface area (Å²) in [6.07, 6.45) is 1.55. The Kier molecular flexibility index (Phi) is 8.03. The molecule has 0 aromatic heterocycles. The van der Waals surface area contributed by atoms with E-state index in [-0.39, 0.29) is 6.61 Å². The molecule has 0 aliphatic carbocycles. The standard InChI is InChI=1S/C15H24N2O2S2/c1-11(10-21-3)17(2)8-13(18)9-19-14-6-4-5-12(7-14)15(16)20/h4-7,11,13,18H,8-10H2,1-3H3,(H2,16,20). The van der Waals surface area contributed by atoms with Crippen molar-refractivity contribution in [2.45, 2.75) is 19.1 Å². The zero-order valence-corrected chi connectivity index (χ0v) is 14.4. The van der Waals surface area contributed by atoms with Gasteiger partial charge in [-0.15, -0.1) is 0 Å². The molecule has 0 spiro atoms. The number of thioether (sulfide) groups is 1. The van der Waals surface area contributed by atoms with Gasteiger partial charge in [-0.25, -0.2) is 0 Å². The Balaban J connectivity index is 2.44. The van der Waals surface area contributed by atoms with Crippen LogP contribution in [0.15, 0.2) is 24.3 Å². The van der Waals surface area contributed by atoms with Crippen LogP contribution in [-0.2, 0) is 0 Å². The van der Waals surface area contributed by atoms with Gasteiger partial charge < -0.3 is 20.5 Å². The van der Waals surface area contributed by atoms with Crippen LogP contribution in [-0.4, -0.2) is 59.3 Å². The maximum Gasteiger partial charge on any atom is 0.120 e. The van der Waals surface area contributed by atoms with Gasteiger partial charge in [0.25, 0.3) is 0 Å². The lowest BCUT2D eigenvalue weighted by atomic mass is 10.2. The predicted molar refractivity (Wildman–Crippen MR) is 94.3 cm³/mol. The molecular weight excluding hydrogens is 304 g/mol. The van der Waals surface area contributed by atoms with Crippen molar-refractivity contribution in [2.24, 2.45) is 5.73 Å². The number of hydrogen-bond donors (Lipinski definition) is 2. The number of ether oxygens (including phenoxy) is 1. The number of likely N-dealkylation sites (N-methyl/N-ethyl adjacent to an activating group) is 1. The fraction of sp³-hybridized carbons (Fsp3) is 0.533. The van der Waals surface area contributed by atoms with Gasteiger partial charge in [-0.05, 0) is 32.4 Å². The Labute approximate surface area is 136 Å². The highest BCUT2D eigenvalue weighted by molar-refractivity contribution is 7.98. The summed E-state index contributed by atoms with van der Waals surface area (Å²) in [5, 5.41) is 10.1. The summed E-state index contributed by atoms with van der Waals surface area (Å²) in [7, 11) is 2.01. The van der Waals surface area contributed by atoms with Crippen molar-refractivity contribution >= 4 is 29.0 Å². The lowest BCUT2D eigenvalue weighted by Gasteiger charge is -2.26. The number of nitrogens with zero attached hydrogens (tertiary/aromatic N) is 1. The molecule has 1 aromatic rings. The van der Waals surface area contributed by atoms with E-state index >= 15 is 0 Å². The van der Waals surface area contributed by atoms with E-state index in [1.807, 2.05) is 25.2 Å². The van der Waals surface area contributed by atoms with E-state index in [0.29, 0.717) is 23.3 Å². The van der Waals surface area contributed by atoms with Gasteiger partial charge in [0.1, 0.15) is 23.4 Å². The van der Waals surface area contributed by atoms with Crippen LogP contribution >= 0.6 is 24.0 Å². The summed E-state index contributed by atoms with van der Waals surface area (Å²) in [6, 6.07) is 7.71. The Hall–Kier alpha value is -0.820. The Morgan fingerprint density at radius 3 is 2.86 bits per heavy atom. The molecule has 118 valence electrons. The van der Waals surface area contributed by atoms with Crippen LogP contribution in [0.3, 0.4) is 0 Å². The van der Waals surface area contributed by atoms with Crippen molar-refractivity contribution in [1.82, 2.24) is 4.90 Å². The van der Waals surface area contributed by atoms with Crippen LogP contribution in [0.2, 0.25) is 0 Å². The maximum atomic E-state index is 10.1. The third-order valence-electron chi connectivity index (χ3n) is 3.22. The predicted octanol–water partition coefficient (Wildman–Crippen LogP) is 1.74. The summed E-state index contributed by atoms with van der Waals surface area (Å²) < 4.78 is 5.60. The zero-order chi connectivity index (χ0) is 15.8. The quantitative estimate of drug-likeness (QED) is 0.674. The highest BCUT2D eigenvalue weighted by Crippen LogP contribution is 2.14. The van der Waals surface area contributed by atoms with Crippen molar-refractivity contribution in [1.29, 1.82) is 0 Å². The topological polar surface area (TPSA) is 58.7 Å². The van der Waals surface area contributed by atoms with Crippen LogP contribution in [0.25, 0.3) is 0 Å². The first-order chi connectivity index (χ1) is 9.93. The molecule has 1 aromatic carbocycles. The smallest absolute Gasteiger partial charge is 0.120 e. The fourth-order valence-corrected chi connectivity index (χ4v) is 2.73. The van der Waals surface area contributed by atoms with Gasteiger partial charge >= 0.3 is 0 Å². The number of aliphatic hydroxyl groups excluding tert-OH is 1. The van der Waals surface area contributed by atoms with Crippen molar-refractivity contribution in [3.63, 3.8) is 0 Å². The van der Waals surface area contributed by atoms with E-state index in [9.17, 15) is 5.11 Å². The second-order valence-electron chi connectivity index (χ2n) is 5.10. The van der Waals surface area contributed by atoms with E-state index < -0.39 is 6.10 Å². The van der Waals surface area contributed by atoms with E-state index in [2.05, 4.69) is 18.1 Å². The highest BCUT2D eigenvalue weighted by Gasteiger charge is 2.14. The summed E-state index contributed by atoms with van der Waals surface area (Å²) in [4.78, 5) is 2.47. The van der Waals surface area contributed by atoms with Gasteiger partial charge in [0.15, 0.2) is 0 Å². The number of rotatable bonds is 9. The third-order valence-corrected chi connectivity index (χ3v) is 4.27. The molecule has 0 aliphatic heterocycles. The van der Waals surface area contributed by atoms with E-state index in [0.717, 1.165) is 11.3 Å². The molecule has 4 nitrogen and oxygen atoms in total. The number of hydrogen-bond acceptors (Lipinski definition) is 5. The molecule has 0 bridgehead atoms. The number of nitrogens with two attached hydrogens (primary N) is 1. The molecule has 2 unspecified atom stereocenters. The first kappa shape index (κ1) is 18.2. The van der Waals surface area contributed by atoms with E-state index in [1.165, 1.54) is 0 Å². The summed E-state index contributed by atoms with van der Waals surface area (Å²) in [6.45, 7) is 2.98. The van der Waals surface area contributed by atoms with E-state index in [4.69, 9.17) is 22.7 Å². The molecule has 0 amide bonds. The van der Waals surface area contributed by atoms with Gasteiger partial charge in [0.2, 0.25) is 0 Å². The van der Waals surface area contributed by atoms with Crippen molar-refractivity contribution in [3.05, 3.63) is 29.8 Å². The molecular formula is C15H24N2O2S2. The lowest BCUT2D eigenvalue weighted by molar-refractivity contribution is 0.0684. The molecule has 0 fully saturated rings. The molecule has 0 saturated heterocycles. The molecule has 6 heteroatoms. The van der Waals surface area contributed by atoms with Crippen LogP contribution in [0, 0.1) is 0 Å². The molecule has 21 heavy (non-hydrogen) atoms. The maximum absolute atomic E-state index is 10.1. The monoisotopic (exact) mass is 328 g/mol. The lowest BCUT2D eigenvalue weighted by Crippen LogP contribution is -2.39. The van der Waals surface area contributed by atoms with Gasteiger partial charge in [0, 0.05) is 23.9 Å². The summed E-state index contributed by atoms with van der Waals surface area (Å²) in [5.74, 6) is 1.71. The molecule has 0 heterocycles. The normalized spacial score (nSPS) is 14.0. The van der Waals surface area contributed by atoms with Crippen LogP contribution in [0.1, 0.15) is 12.5 Å². The Morgan fingerprint density at radius 2 is 2.24 bits per heavy atom. The van der Waals surface area contributed by atoms with Gasteiger partial charge in [-0.1, -0.05) is 24.4 Å². The summed E-state index contributed by atoms with van der Waals surface area (Å²) >= 11 is 6.73. The molecule has 3 N–H and O–H groups in total. The van der Waals surface area contributed by atoms with Crippen molar-refractivity contribution in [2.75, 3.05) is 32.2 Å². The molecule has 1 rings (SSSR count). The number of thiocarbonyl (C=S) groups is 1. The van der Waals surface area contributed by atoms with Crippen LogP contribution < -0.4 is 10.5 Å². The van der Waals surface area contributed by atoms with Gasteiger partial charge in [0.05, 0.1) is 0 Å². The zero-order valence-electron chi connectivity index (χ0n) is 12.8. The minimum atomic E-state index is -0.534. The first-order valence-corrected chi connectivity index (χ1v) is 8.64. The molecule has 0 aliphatic rings. The third kappa shape index (κ3) is 6.65. The fourth-order valence-electron chi connectivity index (χ4n) is 1.87. The van der Waals surface area contributed by atoms with E-state index in [1.54, 1.807) is 17.8 Å². The van der Waals surface area contributed by atoms with Gasteiger partial charge in [-0.3, -0.25) is 0 Å². The Morgan fingerprint density at radius 1 is 1.52 bits per heavy atom. The van der Waals surface area contributed by atoms with Crippen molar-refractivity contribution < 1.29 is 9.84 Å². The first-order valence-electron chi connectivity index (χ1n) is 6.84. The largest absolute Gasteiger partial charge is 0.491 e. The van der Waals surface area contributed by atoms with Crippen molar-refractivity contribution in [3.8, 4) is 5.75 Å². The number of benzene rings is 1. The SMILES string of the molecule is CSCC(C)N(C)CC(O)COc1cccc(C(N)=S)c1. The van der Waals surface area contributed by atoms with Crippen LogP contribution in [0.4, 0.5) is 0 Å². The average molecular weight is 329 g/mol. The van der Waals surface area contributed by atoms with Gasteiger partial charge in [-0.2, -0.15) is 11.8 Å². The highest BCUT2D eigenvalue weighted by atomic mass is 32.2. The number of aliphatic hydroxyl groups is 1. The minimum absolute atomic E-state index is 0.247. The molecule has 2 atom stereocenters.